The van der Waals surface area contributed by atoms with E-state index in [0.29, 0.717) is 35.2 Å². The number of anilines is 1. The van der Waals surface area contributed by atoms with Crippen molar-refractivity contribution in [2.24, 2.45) is 0 Å². The van der Waals surface area contributed by atoms with Gasteiger partial charge in [0.25, 0.3) is 5.91 Å². The maximum atomic E-state index is 12.7. The van der Waals surface area contributed by atoms with Crippen molar-refractivity contribution in [1.29, 1.82) is 0 Å². The average molecular weight is 407 g/mol. The number of nitrogens with zero attached hydrogens (tertiary/aromatic N) is 2. The number of hydrogen-bond acceptors (Lipinski definition) is 9. The van der Waals surface area contributed by atoms with Gasteiger partial charge in [0.1, 0.15) is 11.6 Å². The Labute approximate surface area is 165 Å². The topological polar surface area (TPSA) is 138 Å². The number of carbonyl (C=O) groups is 2. The molecular formula is C17H21N5O5S. The fourth-order valence-electron chi connectivity index (χ4n) is 2.84. The van der Waals surface area contributed by atoms with Crippen LogP contribution in [-0.2, 0) is 20.7 Å². The Morgan fingerprint density at radius 2 is 2.14 bits per heavy atom. The minimum absolute atomic E-state index is 0.186. The highest BCUT2D eigenvalue weighted by Gasteiger charge is 2.36. The summed E-state index contributed by atoms with van der Waals surface area (Å²) in [5.74, 6) is 0.407. The van der Waals surface area contributed by atoms with Gasteiger partial charge < -0.3 is 30.6 Å². The Kier molecular flexibility index (Phi) is 6.26. The van der Waals surface area contributed by atoms with Crippen LogP contribution in [0, 0.1) is 0 Å². The molecule has 0 aliphatic carbocycles. The molecule has 1 saturated heterocycles. The first-order chi connectivity index (χ1) is 13.5. The van der Waals surface area contributed by atoms with Gasteiger partial charge >= 0.3 is 0 Å². The van der Waals surface area contributed by atoms with E-state index in [4.69, 9.17) is 19.9 Å². The van der Waals surface area contributed by atoms with E-state index in [0.717, 1.165) is 5.01 Å². The molecule has 28 heavy (non-hydrogen) atoms. The average Bonchev–Trinajstić information content (AvgIpc) is 3.12. The van der Waals surface area contributed by atoms with Gasteiger partial charge in [-0.05, 0) is 17.7 Å². The molecule has 0 spiro atoms. The van der Waals surface area contributed by atoms with Crippen molar-refractivity contribution in [3.05, 3.63) is 28.8 Å². The van der Waals surface area contributed by atoms with Crippen LogP contribution in [0.25, 0.3) is 0 Å². The molecule has 1 fully saturated rings. The number of amides is 2. The summed E-state index contributed by atoms with van der Waals surface area (Å²) in [6.45, 7) is 0.161. The van der Waals surface area contributed by atoms with Crippen LogP contribution in [0.1, 0.15) is 16.6 Å². The van der Waals surface area contributed by atoms with Crippen molar-refractivity contribution < 1.29 is 23.8 Å². The molecule has 1 aliphatic heterocycles. The third-order valence-electron chi connectivity index (χ3n) is 4.16. The number of benzene rings is 1. The summed E-state index contributed by atoms with van der Waals surface area (Å²) in [5.41, 5.74) is 6.21. The smallest absolute Gasteiger partial charge is 0.251 e. The lowest BCUT2D eigenvalue weighted by Crippen LogP contribution is -2.52. The van der Waals surface area contributed by atoms with Gasteiger partial charge in [0.15, 0.2) is 17.6 Å². The molecule has 3 rings (SSSR count). The molecule has 1 aromatic heterocycles. The monoisotopic (exact) mass is 407 g/mol. The van der Waals surface area contributed by atoms with Crippen LogP contribution in [0.15, 0.2) is 18.2 Å². The lowest BCUT2D eigenvalue weighted by Gasteiger charge is -2.32. The Morgan fingerprint density at radius 1 is 1.36 bits per heavy atom. The Balaban J connectivity index is 1.70. The number of nitrogen functional groups attached to an aromatic ring is 1. The minimum atomic E-state index is -0.879. The van der Waals surface area contributed by atoms with E-state index >= 15 is 0 Å². The zero-order valence-electron chi connectivity index (χ0n) is 15.4. The molecule has 1 aliphatic rings. The number of methoxy groups -OCH3 is 2. The van der Waals surface area contributed by atoms with Crippen molar-refractivity contribution in [3.63, 3.8) is 0 Å². The largest absolute Gasteiger partial charge is 0.493 e. The molecule has 1 aromatic carbocycles. The van der Waals surface area contributed by atoms with Crippen molar-refractivity contribution in [1.82, 2.24) is 20.8 Å². The zero-order valence-corrected chi connectivity index (χ0v) is 16.2. The Hall–Kier alpha value is -2.92. The Morgan fingerprint density at radius 3 is 2.82 bits per heavy atom. The SMILES string of the molecule is COc1ccc([C@H]2NC(=O)CO[C@@H]2C(=O)NCCc2nnc(N)s2)cc1OC. The van der Waals surface area contributed by atoms with E-state index in [1.165, 1.54) is 25.6 Å². The first-order valence-electron chi connectivity index (χ1n) is 8.50. The molecular weight excluding hydrogens is 386 g/mol. The molecule has 10 nitrogen and oxygen atoms in total. The van der Waals surface area contributed by atoms with Crippen LogP contribution in [0.3, 0.4) is 0 Å². The number of morpholine rings is 1. The van der Waals surface area contributed by atoms with Gasteiger partial charge in [-0.3, -0.25) is 9.59 Å². The van der Waals surface area contributed by atoms with Crippen LogP contribution in [-0.4, -0.2) is 55.5 Å². The second-order valence-electron chi connectivity index (χ2n) is 5.97. The van der Waals surface area contributed by atoms with Crippen molar-refractivity contribution in [3.8, 4) is 11.5 Å². The van der Waals surface area contributed by atoms with Gasteiger partial charge in [-0.2, -0.15) is 0 Å². The first-order valence-corrected chi connectivity index (χ1v) is 9.32. The highest BCUT2D eigenvalue weighted by atomic mass is 32.1. The summed E-state index contributed by atoms with van der Waals surface area (Å²) in [5, 5.41) is 14.4. The normalized spacial score (nSPS) is 19.0. The van der Waals surface area contributed by atoms with E-state index in [1.807, 2.05) is 0 Å². The maximum absolute atomic E-state index is 12.7. The van der Waals surface area contributed by atoms with E-state index < -0.39 is 12.1 Å². The van der Waals surface area contributed by atoms with Gasteiger partial charge in [0.05, 0.1) is 20.3 Å². The summed E-state index contributed by atoms with van der Waals surface area (Å²) in [6, 6.07) is 4.52. The molecule has 0 unspecified atom stereocenters. The highest BCUT2D eigenvalue weighted by molar-refractivity contribution is 7.15. The van der Waals surface area contributed by atoms with Crippen LogP contribution >= 0.6 is 11.3 Å². The second-order valence-corrected chi connectivity index (χ2v) is 7.06. The van der Waals surface area contributed by atoms with Gasteiger partial charge in [-0.25, -0.2) is 0 Å². The van der Waals surface area contributed by atoms with E-state index in [-0.39, 0.29) is 18.4 Å². The third-order valence-corrected chi connectivity index (χ3v) is 4.97. The number of aromatic nitrogens is 2. The summed E-state index contributed by atoms with van der Waals surface area (Å²) in [7, 11) is 3.05. The van der Waals surface area contributed by atoms with E-state index in [2.05, 4.69) is 20.8 Å². The molecule has 2 amide bonds. The minimum Gasteiger partial charge on any atom is -0.493 e. The van der Waals surface area contributed by atoms with Crippen LogP contribution < -0.4 is 25.8 Å². The fourth-order valence-corrected chi connectivity index (χ4v) is 3.45. The summed E-state index contributed by atoms with van der Waals surface area (Å²) < 4.78 is 16.0. The summed E-state index contributed by atoms with van der Waals surface area (Å²) >= 11 is 1.27. The lowest BCUT2D eigenvalue weighted by atomic mass is 9.98. The second kappa shape index (κ2) is 8.85. The van der Waals surface area contributed by atoms with Crippen LogP contribution in [0.2, 0.25) is 0 Å². The van der Waals surface area contributed by atoms with Gasteiger partial charge in [-0.1, -0.05) is 17.4 Å². The molecule has 0 saturated carbocycles. The summed E-state index contributed by atoms with van der Waals surface area (Å²) in [4.78, 5) is 24.5. The third kappa shape index (κ3) is 4.49. The number of nitrogens with two attached hydrogens (primary N) is 1. The Bertz CT molecular complexity index is 858. The van der Waals surface area contributed by atoms with Crippen molar-refractivity contribution in [2.75, 3.05) is 33.1 Å². The summed E-state index contributed by atoms with van der Waals surface area (Å²) in [6.07, 6.45) is -0.379. The number of carbonyl (C=O) groups excluding carboxylic acids is 2. The van der Waals surface area contributed by atoms with Gasteiger partial charge in [0, 0.05) is 13.0 Å². The number of nitrogens with one attached hydrogen (secondary N) is 2. The molecule has 0 radical (unpaired) electrons. The molecule has 4 N–H and O–H groups in total. The van der Waals surface area contributed by atoms with Crippen molar-refractivity contribution >= 4 is 28.3 Å². The molecule has 150 valence electrons. The lowest BCUT2D eigenvalue weighted by molar-refractivity contribution is -0.148. The standard InChI is InChI=1S/C17H21N5O5S/c1-25-10-4-3-9(7-11(10)26-2)14-15(27-8-12(23)20-14)16(24)19-6-5-13-21-22-17(18)28-13/h3-4,7,14-15H,5-6,8H2,1-2H3,(H2,18,22)(H,19,24)(H,20,23)/t14-,15+/m1/s1. The van der Waals surface area contributed by atoms with Gasteiger partial charge in [0.2, 0.25) is 11.0 Å². The van der Waals surface area contributed by atoms with E-state index in [1.54, 1.807) is 18.2 Å². The zero-order chi connectivity index (χ0) is 20.1. The van der Waals surface area contributed by atoms with Gasteiger partial charge in [-0.15, -0.1) is 10.2 Å². The van der Waals surface area contributed by atoms with Crippen LogP contribution in [0.5, 0.6) is 11.5 Å². The highest BCUT2D eigenvalue weighted by Crippen LogP contribution is 2.32. The maximum Gasteiger partial charge on any atom is 0.251 e. The number of hydrogen-bond donors (Lipinski definition) is 3. The van der Waals surface area contributed by atoms with Crippen LogP contribution in [0.4, 0.5) is 5.13 Å². The molecule has 2 heterocycles. The van der Waals surface area contributed by atoms with E-state index in [9.17, 15) is 9.59 Å². The number of rotatable bonds is 7. The fraction of sp³-hybridized carbons (Fsp3) is 0.412. The predicted molar refractivity (Wildman–Crippen MR) is 101 cm³/mol. The van der Waals surface area contributed by atoms with Crippen molar-refractivity contribution in [2.45, 2.75) is 18.6 Å². The number of ether oxygens (including phenoxy) is 3. The first kappa shape index (κ1) is 19.8. The molecule has 11 heteroatoms. The molecule has 2 atom stereocenters. The molecule has 0 bridgehead atoms. The quantitative estimate of drug-likeness (QED) is 0.585. The predicted octanol–water partition coefficient (Wildman–Crippen LogP) is 0.0525. The molecule has 2 aromatic rings.